The van der Waals surface area contributed by atoms with Gasteiger partial charge in [0.05, 0.1) is 13.7 Å². The van der Waals surface area contributed by atoms with Crippen LogP contribution in [0.5, 0.6) is 5.75 Å². The molecule has 0 atom stereocenters. The lowest BCUT2D eigenvalue weighted by molar-refractivity contribution is 0.155. The van der Waals surface area contributed by atoms with Crippen LogP contribution >= 0.6 is 11.9 Å². The molecule has 0 amide bonds. The van der Waals surface area contributed by atoms with E-state index in [0.717, 1.165) is 34.7 Å². The van der Waals surface area contributed by atoms with E-state index in [9.17, 15) is 0 Å². The number of anilines is 2. The number of nitrogens with zero attached hydrogens (tertiary/aromatic N) is 4. The highest BCUT2D eigenvalue weighted by atomic mass is 32.2. The number of piperidine rings is 2. The Balaban J connectivity index is 1.14. The van der Waals surface area contributed by atoms with Gasteiger partial charge in [0.15, 0.2) is 11.4 Å². The molecule has 0 unspecified atom stereocenters. The van der Waals surface area contributed by atoms with E-state index in [2.05, 4.69) is 49.5 Å². The summed E-state index contributed by atoms with van der Waals surface area (Å²) in [7, 11) is 1.67. The molecule has 188 valence electrons. The minimum absolute atomic E-state index is 0.557. The molecule has 36 heavy (non-hydrogen) atoms. The molecule has 2 aliphatic rings. The van der Waals surface area contributed by atoms with Crippen LogP contribution in [0.1, 0.15) is 31.2 Å². The molecule has 4 heterocycles. The zero-order valence-corrected chi connectivity index (χ0v) is 21.4. The van der Waals surface area contributed by atoms with Crippen molar-refractivity contribution in [2.24, 2.45) is 5.41 Å². The zero-order chi connectivity index (χ0) is 24.4. The number of benzene rings is 2. The number of fused-ring (bicyclic) bond motifs is 1. The van der Waals surface area contributed by atoms with E-state index in [4.69, 9.17) is 9.26 Å². The summed E-state index contributed by atoms with van der Waals surface area (Å²) in [5.74, 6) is 1.39. The number of aromatic nitrogens is 3. The van der Waals surface area contributed by atoms with E-state index in [1.165, 1.54) is 44.5 Å². The van der Waals surface area contributed by atoms with Crippen LogP contribution in [-0.2, 0) is 6.54 Å². The first-order chi connectivity index (χ1) is 17.7. The molecule has 2 aliphatic heterocycles. The van der Waals surface area contributed by atoms with Crippen molar-refractivity contribution in [3.8, 4) is 5.75 Å². The van der Waals surface area contributed by atoms with Crippen molar-refractivity contribution in [2.75, 3.05) is 42.9 Å². The topological polar surface area (TPSA) is 80.4 Å². The normalized spacial score (nSPS) is 17.5. The molecule has 2 aromatic heterocycles. The molecule has 6 rings (SSSR count). The van der Waals surface area contributed by atoms with Crippen LogP contribution in [0.4, 0.5) is 11.5 Å². The van der Waals surface area contributed by atoms with E-state index in [0.29, 0.717) is 23.4 Å². The summed E-state index contributed by atoms with van der Waals surface area (Å²) in [4.78, 5) is 3.67. The summed E-state index contributed by atoms with van der Waals surface area (Å²) in [6.45, 7) is 5.25. The minimum atomic E-state index is 0.557. The Morgan fingerprint density at radius 2 is 1.97 bits per heavy atom. The molecule has 2 aromatic carbocycles. The van der Waals surface area contributed by atoms with E-state index in [-0.39, 0.29) is 0 Å². The number of ether oxygens (including phenoxy) is 1. The third-order valence-electron chi connectivity index (χ3n) is 7.66. The Morgan fingerprint density at radius 3 is 2.75 bits per heavy atom. The fourth-order valence-corrected chi connectivity index (χ4v) is 6.22. The third-order valence-corrected chi connectivity index (χ3v) is 8.44. The summed E-state index contributed by atoms with van der Waals surface area (Å²) in [6.07, 6.45) is 8.93. The van der Waals surface area contributed by atoms with Gasteiger partial charge in [0.2, 0.25) is 0 Å². The molecule has 0 aliphatic carbocycles. The smallest absolute Gasteiger partial charge is 0.191 e. The molecule has 0 saturated carbocycles. The predicted molar refractivity (Wildman–Crippen MR) is 144 cm³/mol. The Bertz CT molecular complexity index is 1310. The number of hydrogen-bond donors (Lipinski definition) is 2. The molecule has 2 saturated heterocycles. The van der Waals surface area contributed by atoms with Gasteiger partial charge in [-0.25, -0.2) is 0 Å². The predicted octanol–water partition coefficient (Wildman–Crippen LogP) is 5.17. The highest BCUT2D eigenvalue weighted by Gasteiger charge is 2.35. The van der Waals surface area contributed by atoms with Gasteiger partial charge in [-0.1, -0.05) is 11.2 Å². The van der Waals surface area contributed by atoms with Gasteiger partial charge >= 0.3 is 0 Å². The highest BCUT2D eigenvalue weighted by molar-refractivity contribution is 8.00. The van der Waals surface area contributed by atoms with Crippen molar-refractivity contribution >= 4 is 34.4 Å². The fraction of sp³-hybridized carbons (Fsp3) is 0.407. The molecule has 9 heteroatoms. The molecule has 2 N–H and O–H groups in total. The SMILES string of the molecule is COc1cc(Cn2cccn2)cc2onc(NSc3cccc(N4CCC5(CCNCC5)CC4)c3)c12. The van der Waals surface area contributed by atoms with E-state index in [1.54, 1.807) is 25.3 Å². The minimum Gasteiger partial charge on any atom is -0.496 e. The summed E-state index contributed by atoms with van der Waals surface area (Å²) < 4.78 is 16.6. The lowest BCUT2D eigenvalue weighted by Gasteiger charge is -2.45. The van der Waals surface area contributed by atoms with Gasteiger partial charge in [-0.15, -0.1) is 0 Å². The third kappa shape index (κ3) is 4.77. The van der Waals surface area contributed by atoms with Gasteiger partial charge in [-0.2, -0.15) is 5.10 Å². The second kappa shape index (κ2) is 10.1. The quantitative estimate of drug-likeness (QED) is 0.334. The fourth-order valence-electron chi connectivity index (χ4n) is 5.54. The molecule has 1 spiro atoms. The zero-order valence-electron chi connectivity index (χ0n) is 20.6. The molecule has 0 radical (unpaired) electrons. The Kier molecular flexibility index (Phi) is 6.50. The van der Waals surface area contributed by atoms with Crippen LogP contribution in [0.2, 0.25) is 0 Å². The summed E-state index contributed by atoms with van der Waals surface area (Å²) in [5, 5.41) is 12.9. The van der Waals surface area contributed by atoms with Gasteiger partial charge in [0, 0.05) is 36.1 Å². The first kappa shape index (κ1) is 23.2. The number of nitrogens with one attached hydrogen (secondary N) is 2. The molecular weight excluding hydrogens is 472 g/mol. The van der Waals surface area contributed by atoms with Crippen molar-refractivity contribution in [2.45, 2.75) is 37.1 Å². The monoisotopic (exact) mass is 504 g/mol. The van der Waals surface area contributed by atoms with Crippen molar-refractivity contribution in [3.05, 3.63) is 60.4 Å². The molecular formula is C27H32N6O2S. The second-order valence-corrected chi connectivity index (χ2v) is 10.7. The van der Waals surface area contributed by atoms with Crippen LogP contribution in [0.25, 0.3) is 11.0 Å². The molecule has 0 bridgehead atoms. The molecule has 4 aromatic rings. The van der Waals surface area contributed by atoms with Gasteiger partial charge in [0.1, 0.15) is 11.1 Å². The lowest BCUT2D eigenvalue weighted by atomic mass is 9.71. The first-order valence-corrected chi connectivity index (χ1v) is 13.5. The van der Waals surface area contributed by atoms with Crippen LogP contribution in [0, 0.1) is 5.41 Å². The Hall–Kier alpha value is -3.17. The maximum absolute atomic E-state index is 5.69. The largest absolute Gasteiger partial charge is 0.496 e. The number of methoxy groups -OCH3 is 1. The lowest BCUT2D eigenvalue weighted by Crippen LogP contribution is -2.45. The summed E-state index contributed by atoms with van der Waals surface area (Å²) >= 11 is 1.54. The van der Waals surface area contributed by atoms with Gasteiger partial charge in [-0.3, -0.25) is 4.68 Å². The van der Waals surface area contributed by atoms with Gasteiger partial charge in [0.25, 0.3) is 0 Å². The van der Waals surface area contributed by atoms with Gasteiger partial charge in [-0.05, 0) is 98.1 Å². The number of hydrogen-bond acceptors (Lipinski definition) is 8. The standard InChI is InChI=1S/C27H32N6O2S/c1-34-23-16-20(19-33-13-3-10-29-33)17-24-25(23)26(30-35-24)31-36-22-5-2-4-21(18-22)32-14-8-27(9-15-32)6-11-28-12-7-27/h2-5,10,13,16-18,28H,6-9,11-12,14-15,19H2,1H3,(H,30,31). The first-order valence-electron chi connectivity index (χ1n) is 12.6. The van der Waals surface area contributed by atoms with E-state index >= 15 is 0 Å². The van der Waals surface area contributed by atoms with Gasteiger partial charge < -0.3 is 24.2 Å². The number of rotatable bonds is 7. The van der Waals surface area contributed by atoms with Crippen molar-refractivity contribution in [1.29, 1.82) is 0 Å². The maximum Gasteiger partial charge on any atom is 0.191 e. The summed E-state index contributed by atoms with van der Waals surface area (Å²) in [6, 6.07) is 14.7. The summed E-state index contributed by atoms with van der Waals surface area (Å²) in [5.41, 5.74) is 3.57. The van der Waals surface area contributed by atoms with Crippen LogP contribution in [-0.4, -0.2) is 48.2 Å². The van der Waals surface area contributed by atoms with Crippen LogP contribution < -0.4 is 19.7 Å². The average molecular weight is 505 g/mol. The molecule has 2 fully saturated rings. The van der Waals surface area contributed by atoms with Crippen molar-refractivity contribution in [1.82, 2.24) is 20.3 Å². The van der Waals surface area contributed by atoms with Crippen molar-refractivity contribution in [3.63, 3.8) is 0 Å². The Morgan fingerprint density at radius 1 is 1.11 bits per heavy atom. The second-order valence-electron chi connectivity index (χ2n) is 9.84. The van der Waals surface area contributed by atoms with E-state index < -0.39 is 0 Å². The maximum atomic E-state index is 5.69. The highest BCUT2D eigenvalue weighted by Crippen LogP contribution is 2.41. The molecule has 8 nitrogen and oxygen atoms in total. The van der Waals surface area contributed by atoms with Crippen LogP contribution in [0.15, 0.2) is 64.3 Å². The Labute approximate surface area is 215 Å². The van der Waals surface area contributed by atoms with Crippen molar-refractivity contribution < 1.29 is 9.26 Å². The van der Waals surface area contributed by atoms with E-state index in [1.807, 2.05) is 29.1 Å². The van der Waals surface area contributed by atoms with Crippen LogP contribution in [0.3, 0.4) is 0 Å². The average Bonchev–Trinajstić information content (AvgIpc) is 3.58.